The van der Waals surface area contributed by atoms with E-state index in [-0.39, 0.29) is 15.6 Å². The van der Waals surface area contributed by atoms with Crippen molar-refractivity contribution < 1.29 is 3.79 Å². The Bertz CT molecular complexity index is 64.3. The molecule has 59 valence electrons. The molecule has 0 amide bonds. The molecule has 0 spiro atoms. The molecule has 0 atom stereocenters. The Morgan fingerprint density at radius 2 is 2.10 bits per heavy atom. The lowest BCUT2D eigenvalue weighted by atomic mass is 10.3. The predicted molar refractivity (Wildman–Crippen MR) is 46.3 cm³/mol. The molecular formula is C8H18AlO. The first-order valence-electron chi connectivity index (χ1n) is 4.20. The van der Waals surface area contributed by atoms with Crippen LogP contribution in [0.5, 0.6) is 0 Å². The van der Waals surface area contributed by atoms with Crippen LogP contribution in [0.3, 0.4) is 0 Å². The van der Waals surface area contributed by atoms with Gasteiger partial charge in [0.15, 0.2) is 0 Å². The van der Waals surface area contributed by atoms with Crippen LogP contribution >= 0.6 is 0 Å². The molecule has 0 rings (SSSR count). The highest BCUT2D eigenvalue weighted by atomic mass is 27.1. The van der Waals surface area contributed by atoms with Gasteiger partial charge in [0.25, 0.3) is 0 Å². The second-order valence-electron chi connectivity index (χ2n) is 3.02. The first-order valence-corrected chi connectivity index (χ1v) is 5.49. The van der Waals surface area contributed by atoms with E-state index in [1.54, 1.807) is 0 Å². The Morgan fingerprint density at radius 1 is 1.40 bits per heavy atom. The molecule has 0 aromatic heterocycles. The van der Waals surface area contributed by atoms with E-state index in [9.17, 15) is 0 Å². The first-order chi connectivity index (χ1) is 4.77. The van der Waals surface area contributed by atoms with Crippen molar-refractivity contribution in [3.05, 3.63) is 0 Å². The SMILES string of the molecule is CCCC[O][Al][CH2]C(C)C. The van der Waals surface area contributed by atoms with Crippen LogP contribution in [0.4, 0.5) is 0 Å². The molecule has 10 heavy (non-hydrogen) atoms. The van der Waals surface area contributed by atoms with Gasteiger partial charge in [-0.15, -0.1) is 0 Å². The maximum absolute atomic E-state index is 5.47. The summed E-state index contributed by atoms with van der Waals surface area (Å²) in [7, 11) is 0. The van der Waals surface area contributed by atoms with Crippen LogP contribution in [0.25, 0.3) is 0 Å². The van der Waals surface area contributed by atoms with E-state index in [0.717, 1.165) is 12.5 Å². The lowest BCUT2D eigenvalue weighted by Crippen LogP contribution is -2.02. The number of rotatable bonds is 6. The van der Waals surface area contributed by atoms with Crippen molar-refractivity contribution >= 4 is 15.6 Å². The number of hydrogen-bond acceptors (Lipinski definition) is 1. The van der Waals surface area contributed by atoms with Gasteiger partial charge in [0.1, 0.15) is 0 Å². The summed E-state index contributed by atoms with van der Waals surface area (Å²) in [6.45, 7) is 7.67. The van der Waals surface area contributed by atoms with E-state index < -0.39 is 0 Å². The zero-order valence-electron chi connectivity index (χ0n) is 7.39. The van der Waals surface area contributed by atoms with Gasteiger partial charge in [0.2, 0.25) is 0 Å². The third kappa shape index (κ3) is 8.49. The average Bonchev–Trinajstić information content (AvgIpc) is 1.87. The molecule has 0 aliphatic carbocycles. The van der Waals surface area contributed by atoms with Gasteiger partial charge in [-0.25, -0.2) is 0 Å². The van der Waals surface area contributed by atoms with Crippen molar-refractivity contribution in [2.24, 2.45) is 5.92 Å². The minimum atomic E-state index is 0.283. The highest BCUT2D eigenvalue weighted by Crippen LogP contribution is 1.99. The van der Waals surface area contributed by atoms with Crippen LogP contribution in [-0.4, -0.2) is 22.2 Å². The van der Waals surface area contributed by atoms with Gasteiger partial charge in [-0.3, -0.25) is 0 Å². The molecule has 0 bridgehead atoms. The molecule has 0 aromatic carbocycles. The smallest absolute Gasteiger partial charge is 0.423 e. The van der Waals surface area contributed by atoms with Gasteiger partial charge in [0.05, 0.1) is 0 Å². The molecule has 0 saturated heterocycles. The molecule has 0 unspecified atom stereocenters. The van der Waals surface area contributed by atoms with Crippen molar-refractivity contribution in [1.82, 2.24) is 0 Å². The van der Waals surface area contributed by atoms with Gasteiger partial charge in [-0.2, -0.15) is 0 Å². The summed E-state index contributed by atoms with van der Waals surface area (Å²) in [4.78, 5) is 0. The van der Waals surface area contributed by atoms with E-state index in [0.29, 0.717) is 0 Å². The molecule has 0 heterocycles. The highest BCUT2D eigenvalue weighted by Gasteiger charge is 1.97. The van der Waals surface area contributed by atoms with E-state index in [2.05, 4.69) is 20.8 Å². The monoisotopic (exact) mass is 157 g/mol. The minimum Gasteiger partial charge on any atom is -0.507 e. The molecule has 1 nitrogen and oxygen atoms in total. The molecule has 0 aliphatic heterocycles. The van der Waals surface area contributed by atoms with Crippen molar-refractivity contribution in [2.75, 3.05) is 6.61 Å². The van der Waals surface area contributed by atoms with E-state index in [1.807, 2.05) is 0 Å². The summed E-state index contributed by atoms with van der Waals surface area (Å²) in [5, 5.41) is 1.28. The molecule has 0 aromatic rings. The summed E-state index contributed by atoms with van der Waals surface area (Å²) in [5.41, 5.74) is 0. The second kappa shape index (κ2) is 7.60. The van der Waals surface area contributed by atoms with Crippen LogP contribution in [0.2, 0.25) is 5.28 Å². The highest BCUT2D eigenvalue weighted by molar-refractivity contribution is 6.27. The first kappa shape index (κ1) is 10.5. The normalized spacial score (nSPS) is 10.4. The van der Waals surface area contributed by atoms with E-state index in [1.165, 1.54) is 18.1 Å². The van der Waals surface area contributed by atoms with Gasteiger partial charge in [-0.1, -0.05) is 38.4 Å². The Balaban J connectivity index is 2.77. The fourth-order valence-corrected chi connectivity index (χ4v) is 1.43. The Kier molecular flexibility index (Phi) is 7.97. The Labute approximate surface area is 71.2 Å². The molecule has 0 aliphatic rings. The van der Waals surface area contributed by atoms with Gasteiger partial charge < -0.3 is 3.79 Å². The summed E-state index contributed by atoms with van der Waals surface area (Å²) >= 11 is 0.283. The second-order valence-corrected chi connectivity index (χ2v) is 4.16. The standard InChI is InChI=1S/C4H9O.C4H9.Al/c1-2-3-4-5;1-4(2)3;/h2-4H2,1H3;4H,1H2,2-3H3;/q-1;;+1. The number of unbranched alkanes of at least 4 members (excludes halogenated alkanes) is 1. The lowest BCUT2D eigenvalue weighted by molar-refractivity contribution is 0.323. The summed E-state index contributed by atoms with van der Waals surface area (Å²) in [5.74, 6) is 0.816. The van der Waals surface area contributed by atoms with Crippen LogP contribution in [0.1, 0.15) is 33.6 Å². The zero-order valence-corrected chi connectivity index (χ0v) is 8.55. The van der Waals surface area contributed by atoms with Gasteiger partial charge >= 0.3 is 15.6 Å². The van der Waals surface area contributed by atoms with Crippen molar-refractivity contribution in [3.8, 4) is 0 Å². The average molecular weight is 157 g/mol. The molecule has 0 saturated carbocycles. The molecule has 0 fully saturated rings. The van der Waals surface area contributed by atoms with E-state index >= 15 is 0 Å². The molecule has 0 N–H and O–H groups in total. The summed E-state index contributed by atoms with van der Waals surface area (Å²) < 4.78 is 5.47. The largest absolute Gasteiger partial charge is 0.507 e. The van der Waals surface area contributed by atoms with Crippen molar-refractivity contribution in [2.45, 2.75) is 38.9 Å². The van der Waals surface area contributed by atoms with Crippen molar-refractivity contribution in [1.29, 1.82) is 0 Å². The molecule has 1 radical (unpaired) electrons. The fraction of sp³-hybridized carbons (Fsp3) is 1.00. The third-order valence-electron chi connectivity index (χ3n) is 1.30. The van der Waals surface area contributed by atoms with Crippen LogP contribution in [-0.2, 0) is 3.79 Å². The summed E-state index contributed by atoms with van der Waals surface area (Å²) in [6.07, 6.45) is 2.48. The fourth-order valence-electron chi connectivity index (χ4n) is 0.571. The van der Waals surface area contributed by atoms with Gasteiger partial charge in [0, 0.05) is 6.61 Å². The topological polar surface area (TPSA) is 9.23 Å². The quantitative estimate of drug-likeness (QED) is 0.425. The Hall–Kier alpha value is 0.492. The predicted octanol–water partition coefficient (Wildman–Crippen LogP) is 2.50. The van der Waals surface area contributed by atoms with Crippen LogP contribution in [0.15, 0.2) is 0 Å². The minimum absolute atomic E-state index is 0.283. The summed E-state index contributed by atoms with van der Waals surface area (Å²) in [6, 6.07) is 0. The zero-order chi connectivity index (χ0) is 7.82. The lowest BCUT2D eigenvalue weighted by Gasteiger charge is -2.03. The van der Waals surface area contributed by atoms with E-state index in [4.69, 9.17) is 3.79 Å². The maximum atomic E-state index is 5.47. The van der Waals surface area contributed by atoms with Crippen molar-refractivity contribution in [3.63, 3.8) is 0 Å². The molecular weight excluding hydrogens is 139 g/mol. The van der Waals surface area contributed by atoms with Crippen LogP contribution in [0, 0.1) is 5.92 Å². The number of hydrogen-bond donors (Lipinski definition) is 0. The molecule has 2 heteroatoms. The van der Waals surface area contributed by atoms with Gasteiger partial charge in [-0.05, 0) is 6.42 Å². The van der Waals surface area contributed by atoms with Crippen LogP contribution < -0.4 is 0 Å². The third-order valence-corrected chi connectivity index (χ3v) is 2.91. The Morgan fingerprint density at radius 3 is 2.60 bits per heavy atom. The maximum Gasteiger partial charge on any atom is 0.423 e.